The third kappa shape index (κ3) is 4.01. The normalized spacial score (nSPS) is 26.9. The number of benzene rings is 1. The zero-order valence-corrected chi connectivity index (χ0v) is 16.7. The zero-order valence-electron chi connectivity index (χ0n) is 15.9. The number of halogens is 1. The number of nitrogens with zero attached hydrogens (tertiary/aromatic N) is 2. The van der Waals surface area contributed by atoms with Gasteiger partial charge in [-0.05, 0) is 63.0 Å². The Morgan fingerprint density at radius 1 is 1.22 bits per heavy atom. The second-order valence-corrected chi connectivity index (χ2v) is 7.96. The first kappa shape index (κ1) is 19.8. The van der Waals surface area contributed by atoms with E-state index in [-0.39, 0.29) is 30.3 Å². The zero-order chi connectivity index (χ0) is 18.3. The van der Waals surface area contributed by atoms with Crippen molar-refractivity contribution in [1.29, 1.82) is 0 Å². The molecule has 7 heteroatoms. The number of nitrogens with two attached hydrogens (primary N) is 1. The molecule has 2 aliphatic rings. The average Bonchev–Trinajstić information content (AvgIpc) is 3.03. The molecule has 0 spiro atoms. The SMILES string of the molecule is Cc1nc(-c2ccc(C)c(NC(=O)C3CC4CCCC(C3)C4N)c2)n[nH]1.Cl. The Morgan fingerprint density at radius 3 is 2.56 bits per heavy atom. The van der Waals surface area contributed by atoms with E-state index in [9.17, 15) is 4.79 Å². The lowest BCUT2D eigenvalue weighted by molar-refractivity contribution is -0.122. The Kier molecular flexibility index (Phi) is 5.86. The number of hydrogen-bond donors (Lipinski definition) is 3. The van der Waals surface area contributed by atoms with Crippen LogP contribution in [0, 0.1) is 31.6 Å². The van der Waals surface area contributed by atoms with Gasteiger partial charge >= 0.3 is 0 Å². The minimum absolute atomic E-state index is 0. The van der Waals surface area contributed by atoms with E-state index in [4.69, 9.17) is 5.73 Å². The molecule has 1 aromatic carbocycles. The van der Waals surface area contributed by atoms with Crippen molar-refractivity contribution in [2.75, 3.05) is 5.32 Å². The van der Waals surface area contributed by atoms with Crippen molar-refractivity contribution in [3.05, 3.63) is 29.6 Å². The van der Waals surface area contributed by atoms with Crippen LogP contribution in [0.4, 0.5) is 5.69 Å². The second kappa shape index (κ2) is 7.98. The van der Waals surface area contributed by atoms with Crippen molar-refractivity contribution >= 4 is 24.0 Å². The minimum Gasteiger partial charge on any atom is -0.327 e. The standard InChI is InChI=1S/C20H27N5O.ClH/c1-11-6-7-15(19-22-12(2)24-25-19)10-17(11)23-20(26)16-8-13-4-3-5-14(9-16)18(13)21;/h6-7,10,13-14,16,18H,3-5,8-9,21H2,1-2H3,(H,23,26)(H,22,24,25);1H. The molecule has 2 unspecified atom stereocenters. The van der Waals surface area contributed by atoms with E-state index in [1.165, 1.54) is 19.3 Å². The number of hydrogen-bond acceptors (Lipinski definition) is 4. The predicted octanol–water partition coefficient (Wildman–Crippen LogP) is 3.60. The summed E-state index contributed by atoms with van der Waals surface area (Å²) >= 11 is 0. The van der Waals surface area contributed by atoms with E-state index in [0.29, 0.717) is 17.7 Å². The maximum atomic E-state index is 12.9. The lowest BCUT2D eigenvalue weighted by Gasteiger charge is -2.43. The summed E-state index contributed by atoms with van der Waals surface area (Å²) in [6.45, 7) is 3.88. The van der Waals surface area contributed by atoms with Crippen LogP contribution < -0.4 is 11.1 Å². The topological polar surface area (TPSA) is 96.7 Å². The molecule has 6 nitrogen and oxygen atoms in total. The van der Waals surface area contributed by atoms with E-state index in [2.05, 4.69) is 20.5 Å². The van der Waals surface area contributed by atoms with Crippen LogP contribution in [0.15, 0.2) is 18.2 Å². The van der Waals surface area contributed by atoms with Crippen molar-refractivity contribution < 1.29 is 4.79 Å². The molecule has 2 aromatic rings. The Bertz CT molecular complexity index is 806. The Labute approximate surface area is 166 Å². The Balaban J connectivity index is 0.00000210. The molecular weight excluding hydrogens is 362 g/mol. The van der Waals surface area contributed by atoms with Crippen molar-refractivity contribution in [2.24, 2.45) is 23.5 Å². The van der Waals surface area contributed by atoms with E-state index >= 15 is 0 Å². The van der Waals surface area contributed by atoms with E-state index in [1.807, 2.05) is 32.0 Å². The van der Waals surface area contributed by atoms with Gasteiger partial charge in [0.2, 0.25) is 5.91 Å². The molecule has 0 aliphatic heterocycles. The summed E-state index contributed by atoms with van der Waals surface area (Å²) in [6.07, 6.45) is 5.43. The van der Waals surface area contributed by atoms with Crippen LogP contribution in [0.25, 0.3) is 11.4 Å². The molecule has 0 radical (unpaired) electrons. The fourth-order valence-corrected chi connectivity index (χ4v) is 4.61. The summed E-state index contributed by atoms with van der Waals surface area (Å²) in [5, 5.41) is 10.2. The summed E-state index contributed by atoms with van der Waals surface area (Å²) in [7, 11) is 0. The highest BCUT2D eigenvalue weighted by molar-refractivity contribution is 5.94. The first-order chi connectivity index (χ1) is 12.5. The largest absolute Gasteiger partial charge is 0.327 e. The van der Waals surface area contributed by atoms with Crippen LogP contribution in [0.5, 0.6) is 0 Å². The van der Waals surface area contributed by atoms with Gasteiger partial charge in [0.1, 0.15) is 5.82 Å². The van der Waals surface area contributed by atoms with E-state index in [1.54, 1.807) is 0 Å². The lowest BCUT2D eigenvalue weighted by atomic mass is 9.65. The number of aryl methyl sites for hydroxylation is 2. The number of aromatic amines is 1. The maximum Gasteiger partial charge on any atom is 0.227 e. The molecule has 2 saturated carbocycles. The summed E-state index contributed by atoms with van der Waals surface area (Å²) < 4.78 is 0. The quantitative estimate of drug-likeness (QED) is 0.747. The third-order valence-corrected chi connectivity index (χ3v) is 6.13. The Morgan fingerprint density at radius 2 is 1.93 bits per heavy atom. The molecular formula is C20H28ClN5O. The van der Waals surface area contributed by atoms with Crippen molar-refractivity contribution in [3.8, 4) is 11.4 Å². The molecule has 4 rings (SSSR count). The van der Waals surface area contributed by atoms with Crippen LogP contribution in [0.2, 0.25) is 0 Å². The monoisotopic (exact) mass is 389 g/mol. The van der Waals surface area contributed by atoms with Gasteiger partial charge in [-0.1, -0.05) is 18.6 Å². The van der Waals surface area contributed by atoms with Gasteiger partial charge in [0.25, 0.3) is 0 Å². The van der Waals surface area contributed by atoms with Crippen molar-refractivity contribution in [1.82, 2.24) is 15.2 Å². The van der Waals surface area contributed by atoms with Gasteiger partial charge in [-0.2, -0.15) is 5.10 Å². The number of aromatic nitrogens is 3. The van der Waals surface area contributed by atoms with Crippen molar-refractivity contribution in [2.45, 2.75) is 52.0 Å². The predicted molar refractivity (Wildman–Crippen MR) is 109 cm³/mol. The van der Waals surface area contributed by atoms with Gasteiger partial charge in [0.15, 0.2) is 5.82 Å². The molecule has 2 fully saturated rings. The molecule has 0 saturated heterocycles. The van der Waals surface area contributed by atoms with Gasteiger partial charge in [-0.25, -0.2) is 4.98 Å². The van der Waals surface area contributed by atoms with Crippen LogP contribution in [-0.2, 0) is 4.79 Å². The fourth-order valence-electron chi connectivity index (χ4n) is 4.61. The highest BCUT2D eigenvalue weighted by Crippen LogP contribution is 2.42. The number of carbonyl (C=O) groups is 1. The molecule has 146 valence electrons. The molecule has 2 bridgehead atoms. The van der Waals surface area contributed by atoms with Gasteiger partial charge in [-0.3, -0.25) is 9.89 Å². The molecule has 4 N–H and O–H groups in total. The second-order valence-electron chi connectivity index (χ2n) is 7.96. The number of fused-ring (bicyclic) bond motifs is 2. The van der Waals surface area contributed by atoms with E-state index in [0.717, 1.165) is 35.5 Å². The number of amides is 1. The first-order valence-corrected chi connectivity index (χ1v) is 9.57. The molecule has 2 aliphatic carbocycles. The van der Waals surface area contributed by atoms with E-state index < -0.39 is 0 Å². The molecule has 27 heavy (non-hydrogen) atoms. The third-order valence-electron chi connectivity index (χ3n) is 6.13. The number of anilines is 1. The summed E-state index contributed by atoms with van der Waals surface area (Å²) in [5.41, 5.74) is 9.15. The number of H-pyrrole nitrogens is 1. The van der Waals surface area contributed by atoms with Crippen LogP contribution in [-0.4, -0.2) is 27.1 Å². The van der Waals surface area contributed by atoms with Crippen molar-refractivity contribution in [3.63, 3.8) is 0 Å². The highest BCUT2D eigenvalue weighted by atomic mass is 35.5. The molecule has 1 heterocycles. The molecule has 1 aromatic heterocycles. The first-order valence-electron chi connectivity index (χ1n) is 9.57. The fraction of sp³-hybridized carbons (Fsp3) is 0.550. The minimum atomic E-state index is 0. The van der Waals surface area contributed by atoms with Crippen LogP contribution in [0.3, 0.4) is 0 Å². The average molecular weight is 390 g/mol. The lowest BCUT2D eigenvalue weighted by Crippen LogP contribution is -2.48. The summed E-state index contributed by atoms with van der Waals surface area (Å²) in [4.78, 5) is 17.3. The van der Waals surface area contributed by atoms with Crippen LogP contribution >= 0.6 is 12.4 Å². The van der Waals surface area contributed by atoms with Gasteiger partial charge in [-0.15, -0.1) is 12.4 Å². The number of rotatable bonds is 3. The van der Waals surface area contributed by atoms with Gasteiger partial charge in [0.05, 0.1) is 0 Å². The smallest absolute Gasteiger partial charge is 0.227 e. The van der Waals surface area contributed by atoms with Gasteiger partial charge in [0, 0.05) is 23.2 Å². The molecule has 2 atom stereocenters. The Hall–Kier alpha value is -1.92. The number of carbonyl (C=O) groups excluding carboxylic acids is 1. The van der Waals surface area contributed by atoms with Gasteiger partial charge < -0.3 is 11.1 Å². The van der Waals surface area contributed by atoms with Crippen LogP contribution in [0.1, 0.15) is 43.5 Å². The maximum absolute atomic E-state index is 12.9. The summed E-state index contributed by atoms with van der Waals surface area (Å²) in [5.74, 6) is 2.62. The highest BCUT2D eigenvalue weighted by Gasteiger charge is 2.40. The molecule has 1 amide bonds. The number of nitrogens with one attached hydrogen (secondary N) is 2. The summed E-state index contributed by atoms with van der Waals surface area (Å²) in [6, 6.07) is 6.23.